The number of methoxy groups -OCH3 is 2. The molecule has 3 rings (SSSR count). The van der Waals surface area contributed by atoms with Crippen molar-refractivity contribution in [3.8, 4) is 22.9 Å². The number of likely N-dealkylation sites (N-methyl/N-ethyl adjacent to an activating group) is 1. The zero-order chi connectivity index (χ0) is 26.9. The number of aryl methyl sites for hydroxylation is 1. The van der Waals surface area contributed by atoms with Gasteiger partial charge >= 0.3 is 6.09 Å². The fourth-order valence-corrected chi connectivity index (χ4v) is 3.52. The summed E-state index contributed by atoms with van der Waals surface area (Å²) in [5.41, 5.74) is 2.39. The monoisotopic (exact) mass is 525 g/mol. The van der Waals surface area contributed by atoms with Gasteiger partial charge in [0.05, 0.1) is 19.9 Å². The molecule has 0 aliphatic heterocycles. The van der Waals surface area contributed by atoms with Crippen LogP contribution < -0.4 is 9.47 Å². The lowest BCUT2D eigenvalue weighted by atomic mass is 10.1. The van der Waals surface area contributed by atoms with Crippen LogP contribution in [0.5, 0.6) is 11.5 Å². The number of nitrogens with zero attached hydrogens (tertiary/aromatic N) is 5. The number of carbonyl (C=O) groups is 2. The summed E-state index contributed by atoms with van der Waals surface area (Å²) in [4.78, 5) is 38.4. The number of ether oxygens (including phenoxy) is 3. The Morgan fingerprint density at radius 3 is 2.38 bits per heavy atom. The van der Waals surface area contributed by atoms with Crippen LogP contribution in [0, 0.1) is 6.92 Å². The van der Waals surface area contributed by atoms with E-state index in [1.807, 2.05) is 12.1 Å². The Labute approximate surface area is 218 Å². The van der Waals surface area contributed by atoms with E-state index >= 15 is 0 Å². The van der Waals surface area contributed by atoms with Crippen LogP contribution in [-0.2, 0) is 9.53 Å². The van der Waals surface area contributed by atoms with Gasteiger partial charge in [0.1, 0.15) is 10.8 Å². The number of carbonyl (C=O) groups excluding carboxylic acids is 2. The molecule has 37 heavy (non-hydrogen) atoms. The maximum Gasteiger partial charge on any atom is 0.434 e. The Morgan fingerprint density at radius 1 is 1.08 bits per heavy atom. The minimum Gasteiger partial charge on any atom is -0.493 e. The van der Waals surface area contributed by atoms with Gasteiger partial charge in [0.2, 0.25) is 11.7 Å². The van der Waals surface area contributed by atoms with Gasteiger partial charge in [0, 0.05) is 32.1 Å². The maximum atomic E-state index is 12.0. The van der Waals surface area contributed by atoms with Crippen LogP contribution in [0.15, 0.2) is 57.0 Å². The molecule has 0 unspecified atom stereocenters. The Balaban J connectivity index is 2.03. The molecule has 0 atom stereocenters. The van der Waals surface area contributed by atoms with Gasteiger partial charge in [-0.25, -0.2) is 9.79 Å². The quantitative estimate of drug-likeness (QED) is 0.314. The van der Waals surface area contributed by atoms with Gasteiger partial charge in [-0.3, -0.25) is 4.79 Å². The van der Waals surface area contributed by atoms with E-state index in [0.717, 1.165) is 5.56 Å². The van der Waals surface area contributed by atoms with Crippen LogP contribution >= 0.6 is 11.8 Å². The minimum atomic E-state index is -0.756. The first-order valence-electron chi connectivity index (χ1n) is 11.0. The van der Waals surface area contributed by atoms with Gasteiger partial charge in [0.15, 0.2) is 18.1 Å². The highest BCUT2D eigenvalue weighted by molar-refractivity contribution is 8.15. The number of aliphatic imine (C=N–C) groups is 2. The smallest absolute Gasteiger partial charge is 0.434 e. The summed E-state index contributed by atoms with van der Waals surface area (Å²) in [7, 11) is 6.04. The van der Waals surface area contributed by atoms with E-state index in [2.05, 4.69) is 15.1 Å². The van der Waals surface area contributed by atoms with Crippen LogP contribution in [-0.4, -0.2) is 79.0 Å². The fraction of sp³-hybridized carbons (Fsp3) is 0.280. The molecule has 0 saturated heterocycles. The van der Waals surface area contributed by atoms with Crippen molar-refractivity contribution in [3.63, 3.8) is 0 Å². The van der Waals surface area contributed by atoms with Crippen molar-refractivity contribution in [2.75, 3.05) is 41.2 Å². The predicted octanol–water partition coefficient (Wildman–Crippen LogP) is 4.17. The number of amides is 2. The summed E-state index contributed by atoms with van der Waals surface area (Å²) in [5.74, 6) is 1.52. The van der Waals surface area contributed by atoms with Crippen molar-refractivity contribution in [1.82, 2.24) is 15.0 Å². The van der Waals surface area contributed by atoms with E-state index in [0.29, 0.717) is 45.2 Å². The Kier molecular flexibility index (Phi) is 9.39. The molecule has 0 bridgehead atoms. The van der Waals surface area contributed by atoms with Crippen LogP contribution in [0.3, 0.4) is 0 Å². The van der Waals surface area contributed by atoms with Gasteiger partial charge in [-0.1, -0.05) is 5.16 Å². The molecule has 0 fully saturated rings. The second kappa shape index (κ2) is 12.7. The number of hydrogen-bond donors (Lipinski definition) is 0. The standard InChI is InChI=1S/C25H27N5O6S/c1-15-26-23(29-36-15)16-7-10-18(11-8-16)27-22(24(37-6)28-25(32)34-5)17-9-12-19(20(13-17)33-4)35-14-21(31)30(2)3/h7-13H,14H2,1-6H3. The van der Waals surface area contributed by atoms with E-state index in [1.54, 1.807) is 57.6 Å². The Hall–Kier alpha value is -4.19. The summed E-state index contributed by atoms with van der Waals surface area (Å²) in [5, 5.41) is 4.26. The zero-order valence-electron chi connectivity index (χ0n) is 21.3. The molecule has 1 aromatic heterocycles. The minimum absolute atomic E-state index is 0.143. The van der Waals surface area contributed by atoms with Crippen LogP contribution in [0.25, 0.3) is 11.4 Å². The lowest BCUT2D eigenvalue weighted by molar-refractivity contribution is -0.130. The first-order valence-corrected chi connectivity index (χ1v) is 12.2. The van der Waals surface area contributed by atoms with Crippen LogP contribution in [0.4, 0.5) is 10.5 Å². The highest BCUT2D eigenvalue weighted by atomic mass is 32.2. The maximum absolute atomic E-state index is 12.0. The van der Waals surface area contributed by atoms with Gasteiger partial charge in [0.25, 0.3) is 5.91 Å². The SMILES string of the molecule is COC(=O)N=C(SC)C(=Nc1ccc(-c2noc(C)n2)cc1)c1ccc(OCC(=O)N(C)C)c(OC)c1. The molecule has 0 radical (unpaired) electrons. The summed E-state index contributed by atoms with van der Waals surface area (Å²) >= 11 is 1.24. The topological polar surface area (TPSA) is 129 Å². The molecule has 3 aromatic rings. The molecule has 0 N–H and O–H groups in total. The third kappa shape index (κ3) is 7.17. The molecule has 0 saturated carbocycles. The predicted molar refractivity (Wildman–Crippen MR) is 141 cm³/mol. The molecule has 0 spiro atoms. The molecule has 2 amide bonds. The van der Waals surface area contributed by atoms with Crippen molar-refractivity contribution in [2.45, 2.75) is 6.92 Å². The lowest BCUT2D eigenvalue weighted by Gasteiger charge is -2.15. The van der Waals surface area contributed by atoms with Crippen LogP contribution in [0.2, 0.25) is 0 Å². The molecule has 0 aliphatic carbocycles. The summed E-state index contributed by atoms with van der Waals surface area (Å²) < 4.78 is 20.9. The van der Waals surface area contributed by atoms with E-state index in [9.17, 15) is 9.59 Å². The molecule has 1 heterocycles. The van der Waals surface area contributed by atoms with Crippen molar-refractivity contribution in [1.29, 1.82) is 0 Å². The average molecular weight is 526 g/mol. The summed E-state index contributed by atoms with van der Waals surface area (Å²) in [6.45, 7) is 1.58. The second-order valence-electron chi connectivity index (χ2n) is 7.68. The normalized spacial score (nSPS) is 11.7. The van der Waals surface area contributed by atoms with Crippen molar-refractivity contribution < 1.29 is 28.3 Å². The Bertz CT molecular complexity index is 1320. The number of aromatic nitrogens is 2. The first-order chi connectivity index (χ1) is 17.7. The van der Waals surface area contributed by atoms with E-state index in [1.165, 1.54) is 30.9 Å². The van der Waals surface area contributed by atoms with Gasteiger partial charge in [-0.2, -0.15) is 9.98 Å². The zero-order valence-corrected chi connectivity index (χ0v) is 22.2. The van der Waals surface area contributed by atoms with E-state index in [-0.39, 0.29) is 12.5 Å². The average Bonchev–Trinajstić information content (AvgIpc) is 3.35. The van der Waals surface area contributed by atoms with Crippen molar-refractivity contribution in [3.05, 3.63) is 53.9 Å². The third-order valence-corrected chi connectivity index (χ3v) is 5.62. The van der Waals surface area contributed by atoms with Crippen molar-refractivity contribution in [2.24, 2.45) is 9.98 Å². The van der Waals surface area contributed by atoms with Crippen LogP contribution in [0.1, 0.15) is 11.5 Å². The summed E-state index contributed by atoms with van der Waals surface area (Å²) in [6, 6.07) is 12.3. The van der Waals surface area contributed by atoms with E-state index in [4.69, 9.17) is 23.7 Å². The lowest BCUT2D eigenvalue weighted by Crippen LogP contribution is -2.27. The largest absolute Gasteiger partial charge is 0.493 e. The molecular weight excluding hydrogens is 498 g/mol. The number of thioether (sulfide) groups is 1. The number of benzene rings is 2. The molecule has 11 nitrogen and oxygen atoms in total. The van der Waals surface area contributed by atoms with Gasteiger partial charge < -0.3 is 23.6 Å². The number of rotatable bonds is 8. The fourth-order valence-electron chi connectivity index (χ4n) is 2.99. The molecule has 194 valence electrons. The van der Waals surface area contributed by atoms with E-state index < -0.39 is 6.09 Å². The van der Waals surface area contributed by atoms with Gasteiger partial charge in [-0.05, 0) is 48.7 Å². The molecule has 12 heteroatoms. The first kappa shape index (κ1) is 27.4. The van der Waals surface area contributed by atoms with Gasteiger partial charge in [-0.15, -0.1) is 11.8 Å². The van der Waals surface area contributed by atoms with Crippen molar-refractivity contribution >= 4 is 40.2 Å². The third-order valence-electron chi connectivity index (χ3n) is 4.94. The molecule has 2 aromatic carbocycles. The highest BCUT2D eigenvalue weighted by Crippen LogP contribution is 2.30. The Morgan fingerprint density at radius 2 is 1.81 bits per heavy atom. The number of hydrogen-bond acceptors (Lipinski definition) is 10. The summed E-state index contributed by atoms with van der Waals surface area (Å²) in [6.07, 6.45) is 1.02. The molecular formula is C25H27N5O6S. The molecule has 0 aliphatic rings. The second-order valence-corrected chi connectivity index (χ2v) is 8.47. The highest BCUT2D eigenvalue weighted by Gasteiger charge is 2.18.